The van der Waals surface area contributed by atoms with E-state index in [1.165, 1.54) is 0 Å². The van der Waals surface area contributed by atoms with Crippen molar-refractivity contribution >= 4 is 5.69 Å². The van der Waals surface area contributed by atoms with Gasteiger partial charge in [0.2, 0.25) is 0 Å². The molecule has 0 bridgehead atoms. The fourth-order valence-corrected chi connectivity index (χ4v) is 1.60. The van der Waals surface area contributed by atoms with E-state index < -0.39 is 0 Å². The highest BCUT2D eigenvalue weighted by Gasteiger charge is 2.06. The summed E-state index contributed by atoms with van der Waals surface area (Å²) < 4.78 is 1.90. The van der Waals surface area contributed by atoms with Gasteiger partial charge in [0.1, 0.15) is 6.33 Å². The number of hydrogen-bond donors (Lipinski definition) is 1. The molecule has 1 aromatic heterocycles. The Bertz CT molecular complexity index is 472. The minimum Gasteiger partial charge on any atom is -0.399 e. The molecule has 1 heterocycles. The summed E-state index contributed by atoms with van der Waals surface area (Å²) in [6.07, 6.45) is 2.94. The van der Waals surface area contributed by atoms with Gasteiger partial charge in [-0.2, -0.15) is 5.10 Å². The molecule has 0 amide bonds. The molecule has 2 aromatic rings. The third kappa shape index (κ3) is 2.84. The van der Waals surface area contributed by atoms with Crippen LogP contribution >= 0.6 is 0 Å². The lowest BCUT2D eigenvalue weighted by Gasteiger charge is -2.06. The lowest BCUT2D eigenvalue weighted by Crippen LogP contribution is -2.07. The number of hydrogen-bond acceptors (Lipinski definition) is 3. The van der Waals surface area contributed by atoms with Gasteiger partial charge in [0.15, 0.2) is 5.82 Å². The van der Waals surface area contributed by atoms with Crippen molar-refractivity contribution in [2.75, 3.05) is 5.73 Å². The Hall–Kier alpha value is -1.84. The average Bonchev–Trinajstić information content (AvgIpc) is 2.78. The van der Waals surface area contributed by atoms with Crippen molar-refractivity contribution in [3.8, 4) is 11.4 Å². The first-order valence-electron chi connectivity index (χ1n) is 5.94. The molecule has 2 N–H and O–H groups in total. The molecule has 4 heteroatoms. The molecule has 0 spiro atoms. The van der Waals surface area contributed by atoms with E-state index in [4.69, 9.17) is 5.73 Å². The molecular weight excluding hydrogens is 212 g/mol. The van der Waals surface area contributed by atoms with E-state index in [1.807, 2.05) is 28.9 Å². The monoisotopic (exact) mass is 230 g/mol. The zero-order chi connectivity index (χ0) is 12.3. The third-order valence-corrected chi connectivity index (χ3v) is 2.90. The van der Waals surface area contributed by atoms with E-state index in [-0.39, 0.29) is 0 Å². The molecule has 0 saturated heterocycles. The Morgan fingerprint density at radius 1 is 1.29 bits per heavy atom. The van der Waals surface area contributed by atoms with E-state index in [9.17, 15) is 0 Å². The predicted molar refractivity (Wildman–Crippen MR) is 69.3 cm³/mol. The quantitative estimate of drug-likeness (QED) is 0.821. The van der Waals surface area contributed by atoms with Crippen molar-refractivity contribution in [1.82, 2.24) is 14.8 Å². The second-order valence-corrected chi connectivity index (χ2v) is 4.43. The summed E-state index contributed by atoms with van der Waals surface area (Å²) in [5.41, 5.74) is 7.41. The normalized spacial score (nSPS) is 12.6. The summed E-state index contributed by atoms with van der Waals surface area (Å²) in [5, 5.41) is 4.46. The fraction of sp³-hybridized carbons (Fsp3) is 0.385. The minimum atomic E-state index is 0.621. The van der Waals surface area contributed by atoms with Crippen LogP contribution in [0.1, 0.15) is 20.3 Å². The second kappa shape index (κ2) is 4.99. The van der Waals surface area contributed by atoms with Crippen LogP contribution in [0.4, 0.5) is 5.69 Å². The molecule has 17 heavy (non-hydrogen) atoms. The Morgan fingerprint density at radius 3 is 2.65 bits per heavy atom. The number of nitrogens with two attached hydrogens (primary N) is 1. The van der Waals surface area contributed by atoms with Crippen LogP contribution in [0.3, 0.4) is 0 Å². The van der Waals surface area contributed by atoms with Gasteiger partial charge < -0.3 is 5.73 Å². The molecular formula is C13H18N4. The molecule has 0 aliphatic rings. The molecule has 4 nitrogen and oxygen atoms in total. The van der Waals surface area contributed by atoms with Crippen molar-refractivity contribution < 1.29 is 0 Å². The van der Waals surface area contributed by atoms with Gasteiger partial charge in [-0.3, -0.25) is 4.68 Å². The summed E-state index contributed by atoms with van der Waals surface area (Å²) in [5.74, 6) is 1.38. The minimum absolute atomic E-state index is 0.621. The van der Waals surface area contributed by atoms with Crippen LogP contribution in [0, 0.1) is 5.92 Å². The molecule has 1 aromatic carbocycles. The largest absolute Gasteiger partial charge is 0.399 e. The van der Waals surface area contributed by atoms with Gasteiger partial charge in [0.25, 0.3) is 0 Å². The van der Waals surface area contributed by atoms with Crippen LogP contribution < -0.4 is 5.73 Å². The van der Waals surface area contributed by atoms with E-state index >= 15 is 0 Å². The molecule has 0 radical (unpaired) electrons. The average molecular weight is 230 g/mol. The maximum absolute atomic E-state index is 5.65. The number of aromatic nitrogens is 3. The van der Waals surface area contributed by atoms with Crippen LogP contribution in [-0.4, -0.2) is 14.8 Å². The van der Waals surface area contributed by atoms with E-state index in [1.54, 1.807) is 6.33 Å². The first kappa shape index (κ1) is 11.6. The highest BCUT2D eigenvalue weighted by Crippen LogP contribution is 2.16. The van der Waals surface area contributed by atoms with Gasteiger partial charge in [-0.15, -0.1) is 0 Å². The molecule has 1 atom stereocenters. The molecule has 0 saturated carbocycles. The molecule has 0 aliphatic carbocycles. The maximum Gasteiger partial charge on any atom is 0.181 e. The second-order valence-electron chi connectivity index (χ2n) is 4.43. The highest BCUT2D eigenvalue weighted by molar-refractivity contribution is 5.57. The van der Waals surface area contributed by atoms with Crippen molar-refractivity contribution in [2.45, 2.75) is 26.8 Å². The summed E-state index contributed by atoms with van der Waals surface area (Å²) >= 11 is 0. The summed E-state index contributed by atoms with van der Waals surface area (Å²) in [4.78, 5) is 4.31. The molecule has 0 aliphatic heterocycles. The van der Waals surface area contributed by atoms with Gasteiger partial charge >= 0.3 is 0 Å². The summed E-state index contributed by atoms with van der Waals surface area (Å²) in [7, 11) is 0. The van der Waals surface area contributed by atoms with Crippen molar-refractivity contribution in [3.05, 3.63) is 30.6 Å². The van der Waals surface area contributed by atoms with E-state index in [0.717, 1.165) is 30.0 Å². The molecule has 0 fully saturated rings. The Kier molecular flexibility index (Phi) is 3.42. The van der Waals surface area contributed by atoms with Gasteiger partial charge in [0.05, 0.1) is 0 Å². The Morgan fingerprint density at radius 2 is 2.00 bits per heavy atom. The number of nitrogen functional groups attached to an aromatic ring is 1. The third-order valence-electron chi connectivity index (χ3n) is 2.90. The number of nitrogens with zero attached hydrogens (tertiary/aromatic N) is 3. The fourth-order valence-electron chi connectivity index (χ4n) is 1.60. The van der Waals surface area contributed by atoms with Crippen LogP contribution in [-0.2, 0) is 6.54 Å². The van der Waals surface area contributed by atoms with Gasteiger partial charge in [0, 0.05) is 17.8 Å². The van der Waals surface area contributed by atoms with Gasteiger partial charge in [-0.25, -0.2) is 4.98 Å². The zero-order valence-electron chi connectivity index (χ0n) is 10.3. The SMILES string of the molecule is CCC(C)Cn1cnc(-c2ccc(N)cc2)n1. The highest BCUT2D eigenvalue weighted by atomic mass is 15.3. The van der Waals surface area contributed by atoms with Crippen LogP contribution in [0.15, 0.2) is 30.6 Å². The smallest absolute Gasteiger partial charge is 0.181 e. The van der Waals surface area contributed by atoms with E-state index in [0.29, 0.717) is 5.92 Å². The van der Waals surface area contributed by atoms with Gasteiger partial charge in [-0.05, 0) is 30.2 Å². The molecule has 2 rings (SSSR count). The number of anilines is 1. The standard InChI is InChI=1S/C13H18N4/c1-3-10(2)8-17-9-15-13(16-17)11-4-6-12(14)7-5-11/h4-7,9-10H,3,8,14H2,1-2H3. The number of benzene rings is 1. The maximum atomic E-state index is 5.65. The first-order valence-corrected chi connectivity index (χ1v) is 5.94. The Balaban J connectivity index is 2.15. The van der Waals surface area contributed by atoms with Crippen LogP contribution in [0.5, 0.6) is 0 Å². The first-order chi connectivity index (χ1) is 8.19. The topological polar surface area (TPSA) is 56.7 Å². The zero-order valence-corrected chi connectivity index (χ0v) is 10.3. The lowest BCUT2D eigenvalue weighted by atomic mass is 10.1. The predicted octanol–water partition coefficient (Wildman–Crippen LogP) is 2.57. The van der Waals surface area contributed by atoms with Crippen LogP contribution in [0.25, 0.3) is 11.4 Å². The number of rotatable bonds is 4. The summed E-state index contributed by atoms with van der Waals surface area (Å²) in [6.45, 7) is 5.31. The summed E-state index contributed by atoms with van der Waals surface area (Å²) in [6, 6.07) is 7.62. The lowest BCUT2D eigenvalue weighted by molar-refractivity contribution is 0.439. The van der Waals surface area contributed by atoms with Crippen molar-refractivity contribution in [3.63, 3.8) is 0 Å². The molecule has 1 unspecified atom stereocenters. The van der Waals surface area contributed by atoms with Gasteiger partial charge in [-0.1, -0.05) is 20.3 Å². The Labute approximate surface area is 101 Å². The molecule has 90 valence electrons. The van der Waals surface area contributed by atoms with Crippen LogP contribution in [0.2, 0.25) is 0 Å². The van der Waals surface area contributed by atoms with E-state index in [2.05, 4.69) is 23.9 Å². The van der Waals surface area contributed by atoms with Crippen molar-refractivity contribution in [2.24, 2.45) is 5.92 Å². The van der Waals surface area contributed by atoms with Crippen molar-refractivity contribution in [1.29, 1.82) is 0 Å².